The molecule has 3 heterocycles. The van der Waals surface area contributed by atoms with E-state index in [4.69, 9.17) is 4.74 Å². The molecule has 0 radical (unpaired) electrons. The number of carbonyl (C=O) groups is 2. The molecule has 1 aliphatic rings. The molecule has 2 amide bonds. The summed E-state index contributed by atoms with van der Waals surface area (Å²) in [6.07, 6.45) is 7.13. The molecule has 0 spiro atoms. The number of benzene rings is 1. The predicted octanol–water partition coefficient (Wildman–Crippen LogP) is 3.23. The lowest BCUT2D eigenvalue weighted by Gasteiger charge is -2.17. The van der Waals surface area contributed by atoms with E-state index in [1.807, 2.05) is 19.0 Å². The molecule has 0 aliphatic carbocycles. The zero-order chi connectivity index (χ0) is 27.9. The van der Waals surface area contributed by atoms with Gasteiger partial charge in [-0.15, -0.1) is 0 Å². The van der Waals surface area contributed by atoms with E-state index in [9.17, 15) is 14.0 Å². The maximum absolute atomic E-state index is 14.4. The fraction of sp³-hybridized carbons (Fsp3) is 0.276. The largest absolute Gasteiger partial charge is 0.492 e. The van der Waals surface area contributed by atoms with Crippen LogP contribution in [-0.4, -0.2) is 67.0 Å². The molecule has 0 bridgehead atoms. The zero-order valence-electron chi connectivity index (χ0n) is 22.3. The van der Waals surface area contributed by atoms with Crippen LogP contribution >= 0.6 is 0 Å². The van der Waals surface area contributed by atoms with Gasteiger partial charge in [0.1, 0.15) is 0 Å². The summed E-state index contributed by atoms with van der Waals surface area (Å²) in [5.41, 5.74) is 3.96. The van der Waals surface area contributed by atoms with Crippen molar-refractivity contribution in [3.8, 4) is 28.8 Å². The Morgan fingerprint density at radius 3 is 2.92 bits per heavy atom. The maximum Gasteiger partial charge on any atom is 0.255 e. The highest BCUT2D eigenvalue weighted by Crippen LogP contribution is 2.40. The third kappa shape index (κ3) is 6.45. The van der Waals surface area contributed by atoms with Crippen LogP contribution in [0.2, 0.25) is 0 Å². The van der Waals surface area contributed by atoms with E-state index >= 15 is 0 Å². The van der Waals surface area contributed by atoms with Crippen molar-refractivity contribution in [2.45, 2.75) is 19.4 Å². The Hall–Kier alpha value is -4.62. The Bertz CT molecular complexity index is 1470. The van der Waals surface area contributed by atoms with E-state index in [1.54, 1.807) is 43.6 Å². The number of amides is 2. The van der Waals surface area contributed by atoms with Crippen molar-refractivity contribution in [3.63, 3.8) is 0 Å². The number of H-pyrrole nitrogens is 1. The number of ether oxygens (including phenoxy) is 1. The Kier molecular flexibility index (Phi) is 8.63. The fourth-order valence-electron chi connectivity index (χ4n) is 4.22. The van der Waals surface area contributed by atoms with Crippen LogP contribution in [0.4, 0.5) is 15.8 Å². The summed E-state index contributed by atoms with van der Waals surface area (Å²) in [6.45, 7) is 2.95. The second-order valence-electron chi connectivity index (χ2n) is 9.27. The topological polar surface area (TPSA) is 111 Å². The smallest absolute Gasteiger partial charge is 0.255 e. The number of hydrogen-bond donors (Lipinski definition) is 4. The molecule has 10 heteroatoms. The van der Waals surface area contributed by atoms with Gasteiger partial charge in [-0.3, -0.25) is 14.6 Å². The van der Waals surface area contributed by atoms with Gasteiger partial charge in [0.05, 0.1) is 41.3 Å². The monoisotopic (exact) mass is 530 g/mol. The van der Waals surface area contributed by atoms with E-state index in [0.29, 0.717) is 53.3 Å². The predicted molar refractivity (Wildman–Crippen MR) is 148 cm³/mol. The Morgan fingerprint density at radius 2 is 2.15 bits per heavy atom. The SMILES string of the molecule is COc1c(F)cccc1Nc1c(-c2ccncc2C#C[C@H](C)NC(=O)/C=C/CN(C)C)[nH]c2c1C(=O)NCC2. The normalized spacial score (nSPS) is 13.3. The molecule has 4 rings (SSSR count). The summed E-state index contributed by atoms with van der Waals surface area (Å²) in [7, 11) is 5.23. The van der Waals surface area contributed by atoms with Crippen molar-refractivity contribution < 1.29 is 18.7 Å². The Morgan fingerprint density at radius 1 is 1.33 bits per heavy atom. The number of hydrogen-bond acceptors (Lipinski definition) is 6. The number of nitrogens with zero attached hydrogens (tertiary/aromatic N) is 2. The maximum atomic E-state index is 14.4. The van der Waals surface area contributed by atoms with Crippen molar-refractivity contribution in [1.82, 2.24) is 25.5 Å². The number of likely N-dealkylation sites (N-methyl/N-ethyl adjacent to an activating group) is 1. The van der Waals surface area contributed by atoms with Gasteiger partial charge in [-0.2, -0.15) is 0 Å². The van der Waals surface area contributed by atoms with Crippen LogP contribution in [0.1, 0.15) is 28.5 Å². The Balaban J connectivity index is 1.70. The molecule has 0 fully saturated rings. The molecule has 0 unspecified atom stereocenters. The summed E-state index contributed by atoms with van der Waals surface area (Å²) < 4.78 is 19.7. The van der Waals surface area contributed by atoms with Gasteiger partial charge in [-0.05, 0) is 39.2 Å². The van der Waals surface area contributed by atoms with Crippen LogP contribution in [0.15, 0.2) is 48.8 Å². The minimum absolute atomic E-state index is 0.0357. The average Bonchev–Trinajstić information content (AvgIpc) is 3.27. The van der Waals surface area contributed by atoms with Crippen molar-refractivity contribution in [2.75, 3.05) is 39.6 Å². The van der Waals surface area contributed by atoms with Crippen molar-refractivity contribution in [2.24, 2.45) is 0 Å². The molecule has 202 valence electrons. The van der Waals surface area contributed by atoms with Gasteiger partial charge in [-0.25, -0.2) is 4.39 Å². The highest BCUT2D eigenvalue weighted by Gasteiger charge is 2.28. The van der Waals surface area contributed by atoms with Crippen molar-refractivity contribution in [1.29, 1.82) is 0 Å². The van der Waals surface area contributed by atoms with Crippen LogP contribution in [0.5, 0.6) is 5.75 Å². The lowest BCUT2D eigenvalue weighted by atomic mass is 10.0. The molecule has 4 N–H and O–H groups in total. The van der Waals surface area contributed by atoms with E-state index in [0.717, 1.165) is 5.69 Å². The third-order valence-corrected chi connectivity index (χ3v) is 6.01. The molecule has 0 saturated heterocycles. The van der Waals surface area contributed by atoms with Gasteiger partial charge in [0.25, 0.3) is 5.91 Å². The third-order valence-electron chi connectivity index (χ3n) is 6.01. The molecular formula is C29H31FN6O3. The van der Waals surface area contributed by atoms with Crippen LogP contribution in [0, 0.1) is 17.7 Å². The first-order valence-electron chi connectivity index (χ1n) is 12.5. The summed E-state index contributed by atoms with van der Waals surface area (Å²) in [5, 5.41) is 8.92. The number of para-hydroxylation sites is 1. The van der Waals surface area contributed by atoms with Gasteiger partial charge in [0, 0.05) is 49.2 Å². The number of aromatic nitrogens is 2. The molecule has 39 heavy (non-hydrogen) atoms. The highest BCUT2D eigenvalue weighted by atomic mass is 19.1. The standard InChI is InChI=1S/C29H31FN6O3/c1-18(33-24(37)9-6-16-36(2)3)10-11-19-17-31-14-12-20(19)26-27(25-22(34-26)13-15-32-29(25)38)35-23-8-5-7-21(30)28(23)39-4/h5-9,12,14,17-18,34-35H,13,15-16H2,1-4H3,(H,32,38)(H,33,37)/b9-6+/t18-/m0/s1. The van der Waals surface area contributed by atoms with Gasteiger partial charge >= 0.3 is 0 Å². The second-order valence-corrected chi connectivity index (χ2v) is 9.27. The first kappa shape index (κ1) is 27.4. The molecule has 0 saturated carbocycles. The average molecular weight is 531 g/mol. The van der Waals surface area contributed by atoms with Crippen LogP contribution in [0.25, 0.3) is 11.3 Å². The number of halogens is 1. The number of aromatic amines is 1. The second kappa shape index (κ2) is 12.3. The first-order valence-corrected chi connectivity index (χ1v) is 12.5. The number of carbonyl (C=O) groups excluding carboxylic acids is 2. The van der Waals surface area contributed by atoms with E-state index in [-0.39, 0.29) is 17.6 Å². The van der Waals surface area contributed by atoms with E-state index in [2.05, 4.69) is 37.8 Å². The number of rotatable bonds is 8. The fourth-order valence-corrected chi connectivity index (χ4v) is 4.22. The first-order chi connectivity index (χ1) is 18.8. The minimum atomic E-state index is -0.527. The molecule has 1 aromatic carbocycles. The summed E-state index contributed by atoms with van der Waals surface area (Å²) in [5.74, 6) is 5.21. The zero-order valence-corrected chi connectivity index (χ0v) is 22.3. The van der Waals surface area contributed by atoms with Gasteiger partial charge in [0.2, 0.25) is 5.91 Å². The highest BCUT2D eigenvalue weighted by molar-refractivity contribution is 6.06. The molecule has 9 nitrogen and oxygen atoms in total. The van der Waals surface area contributed by atoms with E-state index in [1.165, 1.54) is 19.3 Å². The van der Waals surface area contributed by atoms with Crippen molar-refractivity contribution >= 4 is 23.2 Å². The lowest BCUT2D eigenvalue weighted by Crippen LogP contribution is -2.31. The summed E-state index contributed by atoms with van der Waals surface area (Å²) in [4.78, 5) is 34.7. The number of pyridine rings is 1. The molecular weight excluding hydrogens is 499 g/mol. The lowest BCUT2D eigenvalue weighted by molar-refractivity contribution is -0.116. The van der Waals surface area contributed by atoms with Gasteiger partial charge < -0.3 is 30.6 Å². The molecule has 3 aromatic rings. The quantitative estimate of drug-likeness (QED) is 0.263. The number of nitrogens with one attached hydrogen (secondary N) is 4. The van der Waals surface area contributed by atoms with Crippen LogP contribution in [-0.2, 0) is 11.2 Å². The summed E-state index contributed by atoms with van der Waals surface area (Å²) in [6, 6.07) is 5.91. The van der Waals surface area contributed by atoms with Gasteiger partial charge in [0.15, 0.2) is 11.6 Å². The number of fused-ring (bicyclic) bond motifs is 1. The van der Waals surface area contributed by atoms with Gasteiger partial charge in [-0.1, -0.05) is 24.0 Å². The molecule has 1 aliphatic heterocycles. The Labute approximate surface area is 226 Å². The number of methoxy groups -OCH3 is 1. The molecule has 1 atom stereocenters. The number of anilines is 2. The van der Waals surface area contributed by atoms with E-state index < -0.39 is 11.9 Å². The van der Waals surface area contributed by atoms with Crippen LogP contribution in [0.3, 0.4) is 0 Å². The van der Waals surface area contributed by atoms with Crippen molar-refractivity contribution in [3.05, 3.63) is 71.4 Å². The molecule has 2 aromatic heterocycles. The summed E-state index contributed by atoms with van der Waals surface area (Å²) >= 11 is 0. The minimum Gasteiger partial charge on any atom is -0.492 e. The van der Waals surface area contributed by atoms with Crippen LogP contribution < -0.4 is 20.7 Å².